The molecule has 0 fully saturated rings. The Bertz CT molecular complexity index is 2750. The topological polar surface area (TPSA) is 17.8 Å². The van der Waals surface area contributed by atoms with Crippen LogP contribution in [0.4, 0.5) is 0 Å². The lowest BCUT2D eigenvalue weighted by molar-refractivity contribution is 0.672. The molecule has 226 valence electrons. The third kappa shape index (κ3) is 3.77. The zero-order valence-corrected chi connectivity index (χ0v) is 26.9. The molecule has 0 saturated heterocycles. The van der Waals surface area contributed by atoms with Gasteiger partial charge in [0.15, 0.2) is 0 Å². The minimum absolute atomic E-state index is 0.147. The van der Waals surface area contributed by atoms with E-state index < -0.39 is 0 Å². The van der Waals surface area contributed by atoms with Crippen molar-refractivity contribution in [2.24, 2.45) is 0 Å². The number of fused-ring (bicyclic) bond motifs is 11. The molecule has 8 aromatic carbocycles. The summed E-state index contributed by atoms with van der Waals surface area (Å²) in [6.45, 7) is 4.82. The Balaban J connectivity index is 1.14. The fraction of sp³-hybridized carbons (Fsp3) is 0.0652. The molecule has 10 rings (SSSR count). The highest BCUT2D eigenvalue weighted by molar-refractivity contribution is 6.19. The smallest absolute Gasteiger partial charge is 0.145 e. The van der Waals surface area contributed by atoms with Gasteiger partial charge in [-0.1, -0.05) is 135 Å². The number of benzene rings is 8. The number of imidazole rings is 1. The number of aromatic nitrogens is 2. The first-order valence-corrected chi connectivity index (χ1v) is 16.7. The third-order valence-electron chi connectivity index (χ3n) is 10.5. The summed E-state index contributed by atoms with van der Waals surface area (Å²) in [7, 11) is 0. The first kappa shape index (κ1) is 27.2. The maximum absolute atomic E-state index is 5.13. The molecule has 0 spiro atoms. The van der Waals surface area contributed by atoms with E-state index in [0.29, 0.717) is 0 Å². The molecule has 1 aliphatic rings. The van der Waals surface area contributed by atoms with E-state index in [2.05, 4.69) is 176 Å². The summed E-state index contributed by atoms with van der Waals surface area (Å²) in [5.74, 6) is 0.946. The molecular formula is C46H32N2. The number of rotatable bonds is 3. The Hall–Kier alpha value is -5.99. The van der Waals surface area contributed by atoms with Gasteiger partial charge >= 0.3 is 0 Å². The van der Waals surface area contributed by atoms with Crippen LogP contribution in [0.2, 0.25) is 0 Å². The van der Waals surface area contributed by atoms with Gasteiger partial charge in [-0.25, -0.2) is 4.98 Å². The SMILES string of the molecule is CC1(C)c2c(ccc3cc(-c4cccc(-c5nc6ccccc6n5-c5ccccc5)c4)ccc23)-c2c1c1ccccc1c1ccccc21. The average molecular weight is 613 g/mol. The lowest BCUT2D eigenvalue weighted by Crippen LogP contribution is -2.16. The summed E-state index contributed by atoms with van der Waals surface area (Å²) in [6, 6.07) is 57.3. The van der Waals surface area contributed by atoms with E-state index in [4.69, 9.17) is 4.98 Å². The predicted octanol–water partition coefficient (Wildman–Crippen LogP) is 12.1. The summed E-state index contributed by atoms with van der Waals surface area (Å²) in [4.78, 5) is 5.13. The minimum atomic E-state index is -0.147. The van der Waals surface area contributed by atoms with Crippen molar-refractivity contribution in [3.05, 3.63) is 169 Å². The fourth-order valence-corrected chi connectivity index (χ4v) is 8.48. The fourth-order valence-electron chi connectivity index (χ4n) is 8.48. The Morgan fingerprint density at radius 2 is 1.15 bits per heavy atom. The van der Waals surface area contributed by atoms with Crippen LogP contribution in [0.15, 0.2) is 158 Å². The van der Waals surface area contributed by atoms with Gasteiger partial charge in [0.25, 0.3) is 0 Å². The van der Waals surface area contributed by atoms with Gasteiger partial charge in [0.2, 0.25) is 0 Å². The summed E-state index contributed by atoms with van der Waals surface area (Å²) < 4.78 is 2.27. The largest absolute Gasteiger partial charge is 0.292 e. The van der Waals surface area contributed by atoms with Crippen LogP contribution in [0.1, 0.15) is 25.0 Å². The molecular weight excluding hydrogens is 581 g/mol. The highest BCUT2D eigenvalue weighted by Gasteiger charge is 2.39. The Kier molecular flexibility index (Phi) is 5.66. The minimum Gasteiger partial charge on any atom is -0.292 e. The van der Waals surface area contributed by atoms with Crippen molar-refractivity contribution in [2.45, 2.75) is 19.3 Å². The number of nitrogens with zero attached hydrogens (tertiary/aromatic N) is 2. The van der Waals surface area contributed by atoms with Crippen LogP contribution in [-0.4, -0.2) is 9.55 Å². The van der Waals surface area contributed by atoms with Crippen LogP contribution in [0.5, 0.6) is 0 Å². The van der Waals surface area contributed by atoms with E-state index in [9.17, 15) is 0 Å². The molecule has 2 heteroatoms. The van der Waals surface area contributed by atoms with Crippen LogP contribution in [0.3, 0.4) is 0 Å². The Labute approximate surface area is 279 Å². The molecule has 0 radical (unpaired) electrons. The zero-order chi connectivity index (χ0) is 32.0. The molecule has 1 aromatic heterocycles. The van der Waals surface area contributed by atoms with Gasteiger partial charge in [-0.3, -0.25) is 4.57 Å². The quantitative estimate of drug-likeness (QED) is 0.182. The molecule has 1 heterocycles. The molecule has 0 saturated carbocycles. The summed E-state index contributed by atoms with van der Waals surface area (Å²) in [5, 5.41) is 7.95. The molecule has 48 heavy (non-hydrogen) atoms. The monoisotopic (exact) mass is 612 g/mol. The molecule has 0 unspecified atom stereocenters. The van der Waals surface area contributed by atoms with Crippen LogP contribution in [-0.2, 0) is 5.41 Å². The molecule has 0 bridgehead atoms. The molecule has 0 N–H and O–H groups in total. The molecule has 2 nitrogen and oxygen atoms in total. The van der Waals surface area contributed by atoms with Gasteiger partial charge in [0.1, 0.15) is 5.82 Å². The number of hydrogen-bond donors (Lipinski definition) is 0. The second-order valence-electron chi connectivity index (χ2n) is 13.6. The zero-order valence-electron chi connectivity index (χ0n) is 26.9. The standard InChI is InChI=1S/C46H32N2/c1-46(2)43-34-25-23-30(27-31(34)24-26-39(43)42-37-19-8-6-17-35(37)36-18-7-9-20-38(36)44(42)46)29-13-12-14-32(28-29)45-47-40-21-10-11-22-41(40)48(45)33-15-4-3-5-16-33/h3-28H,1-2H3. The highest BCUT2D eigenvalue weighted by atomic mass is 15.1. The first-order valence-electron chi connectivity index (χ1n) is 16.7. The van der Waals surface area contributed by atoms with Crippen molar-refractivity contribution in [3.63, 3.8) is 0 Å². The maximum Gasteiger partial charge on any atom is 0.145 e. The van der Waals surface area contributed by atoms with E-state index in [1.165, 1.54) is 65.7 Å². The first-order chi connectivity index (χ1) is 23.6. The van der Waals surface area contributed by atoms with E-state index >= 15 is 0 Å². The predicted molar refractivity (Wildman–Crippen MR) is 202 cm³/mol. The Morgan fingerprint density at radius 1 is 0.479 bits per heavy atom. The summed E-state index contributed by atoms with van der Waals surface area (Å²) in [6.07, 6.45) is 0. The van der Waals surface area contributed by atoms with Gasteiger partial charge in [0.05, 0.1) is 11.0 Å². The third-order valence-corrected chi connectivity index (χ3v) is 10.5. The number of para-hydroxylation sites is 3. The van der Waals surface area contributed by atoms with E-state index in [-0.39, 0.29) is 5.41 Å². The van der Waals surface area contributed by atoms with Crippen molar-refractivity contribution >= 4 is 43.4 Å². The van der Waals surface area contributed by atoms with Gasteiger partial charge in [-0.2, -0.15) is 0 Å². The Morgan fingerprint density at radius 3 is 1.98 bits per heavy atom. The van der Waals surface area contributed by atoms with Crippen LogP contribution < -0.4 is 0 Å². The van der Waals surface area contributed by atoms with E-state index in [0.717, 1.165) is 28.1 Å². The highest BCUT2D eigenvalue weighted by Crippen LogP contribution is 2.56. The average Bonchev–Trinajstić information content (AvgIpc) is 3.65. The van der Waals surface area contributed by atoms with Crippen molar-refractivity contribution in [1.82, 2.24) is 9.55 Å². The molecule has 0 atom stereocenters. The van der Waals surface area contributed by atoms with Crippen LogP contribution in [0.25, 0.3) is 82.7 Å². The molecule has 0 aliphatic heterocycles. The van der Waals surface area contributed by atoms with Crippen LogP contribution in [0, 0.1) is 0 Å². The summed E-state index contributed by atoms with van der Waals surface area (Å²) >= 11 is 0. The molecule has 9 aromatic rings. The summed E-state index contributed by atoms with van der Waals surface area (Å²) in [5.41, 5.74) is 12.2. The van der Waals surface area contributed by atoms with Crippen molar-refractivity contribution in [1.29, 1.82) is 0 Å². The van der Waals surface area contributed by atoms with Crippen molar-refractivity contribution < 1.29 is 0 Å². The second-order valence-corrected chi connectivity index (χ2v) is 13.6. The molecule has 1 aliphatic carbocycles. The van der Waals surface area contributed by atoms with Crippen molar-refractivity contribution in [3.8, 4) is 39.3 Å². The van der Waals surface area contributed by atoms with E-state index in [1.807, 2.05) is 0 Å². The lowest BCUT2D eigenvalue weighted by atomic mass is 9.77. The normalized spacial score (nSPS) is 13.4. The van der Waals surface area contributed by atoms with E-state index in [1.54, 1.807) is 0 Å². The lowest BCUT2D eigenvalue weighted by Gasteiger charge is -2.25. The van der Waals surface area contributed by atoms with Gasteiger partial charge in [0, 0.05) is 16.7 Å². The van der Waals surface area contributed by atoms with Crippen molar-refractivity contribution in [2.75, 3.05) is 0 Å². The maximum atomic E-state index is 5.13. The molecule has 0 amide bonds. The second kappa shape index (κ2) is 10.0. The van der Waals surface area contributed by atoms with Gasteiger partial charge < -0.3 is 0 Å². The van der Waals surface area contributed by atoms with Gasteiger partial charge in [-0.15, -0.1) is 0 Å². The number of hydrogen-bond acceptors (Lipinski definition) is 1. The van der Waals surface area contributed by atoms with Crippen LogP contribution >= 0.6 is 0 Å². The van der Waals surface area contributed by atoms with Gasteiger partial charge in [-0.05, 0) is 102 Å².